The third kappa shape index (κ3) is 1.37. The van der Waals surface area contributed by atoms with E-state index < -0.39 is 6.65 Å². The van der Waals surface area contributed by atoms with Gasteiger partial charge in [-0.25, -0.2) is 4.67 Å². The molecule has 1 fully saturated rings. The highest BCUT2D eigenvalue weighted by Gasteiger charge is 2.50. The minimum atomic E-state index is -2.70. The van der Waals surface area contributed by atoms with E-state index >= 15 is 0 Å². The van der Waals surface area contributed by atoms with Gasteiger partial charge < -0.3 is 4.74 Å². The number of halogens is 1. The number of nitrogens with zero attached hydrogens (tertiary/aromatic N) is 1. The molecule has 1 saturated heterocycles. The second kappa shape index (κ2) is 2.49. The van der Waals surface area contributed by atoms with Crippen LogP contribution in [-0.4, -0.2) is 30.7 Å². The summed E-state index contributed by atoms with van der Waals surface area (Å²) in [4.78, 5) is 0. The molecular formula is C5H11ClNO2P. The van der Waals surface area contributed by atoms with Crippen LogP contribution in [0.15, 0.2) is 0 Å². The fourth-order valence-electron chi connectivity index (χ4n) is 0.736. The van der Waals surface area contributed by atoms with Crippen molar-refractivity contribution in [2.45, 2.75) is 18.9 Å². The zero-order chi connectivity index (χ0) is 7.94. The second-order valence-electron chi connectivity index (χ2n) is 2.62. The SMILES string of the molecule is C[C@H]1O[C@H]1P(=O)(Cl)N(C)C. The van der Waals surface area contributed by atoms with Crippen LogP contribution in [0, 0.1) is 0 Å². The highest BCUT2D eigenvalue weighted by Crippen LogP contribution is 2.64. The maximum atomic E-state index is 11.5. The number of hydrogen-bond donors (Lipinski definition) is 0. The fourth-order valence-corrected chi connectivity index (χ4v) is 2.67. The topological polar surface area (TPSA) is 32.8 Å². The molecule has 0 radical (unpaired) electrons. The quantitative estimate of drug-likeness (QED) is 0.483. The van der Waals surface area contributed by atoms with Crippen LogP contribution in [0.4, 0.5) is 0 Å². The summed E-state index contributed by atoms with van der Waals surface area (Å²) in [5.41, 5.74) is 0. The van der Waals surface area contributed by atoms with Crippen molar-refractivity contribution in [3.8, 4) is 0 Å². The van der Waals surface area contributed by atoms with Gasteiger partial charge in [-0.05, 0) is 32.3 Å². The molecule has 0 amide bonds. The van der Waals surface area contributed by atoms with Crippen LogP contribution < -0.4 is 0 Å². The Bertz CT molecular complexity index is 184. The first kappa shape index (κ1) is 8.54. The molecule has 1 heterocycles. The minimum absolute atomic E-state index is 0.0609. The molecule has 5 heteroatoms. The summed E-state index contributed by atoms with van der Waals surface area (Å²) >= 11 is 5.72. The Kier molecular flexibility index (Phi) is 2.12. The van der Waals surface area contributed by atoms with Crippen LogP contribution >= 0.6 is 17.9 Å². The molecule has 0 aromatic heterocycles. The molecule has 3 atom stereocenters. The van der Waals surface area contributed by atoms with E-state index in [2.05, 4.69) is 0 Å². The summed E-state index contributed by atoms with van der Waals surface area (Å²) < 4.78 is 18.0. The molecule has 0 aliphatic carbocycles. The number of epoxide rings is 1. The van der Waals surface area contributed by atoms with Crippen LogP contribution in [0.2, 0.25) is 0 Å². The maximum Gasteiger partial charge on any atom is 0.264 e. The first-order chi connectivity index (χ1) is 4.46. The van der Waals surface area contributed by atoms with E-state index in [-0.39, 0.29) is 11.9 Å². The van der Waals surface area contributed by atoms with Gasteiger partial charge in [0.15, 0.2) is 5.85 Å². The molecule has 60 valence electrons. The fraction of sp³-hybridized carbons (Fsp3) is 1.00. The van der Waals surface area contributed by atoms with Gasteiger partial charge in [-0.2, -0.15) is 0 Å². The molecule has 0 N–H and O–H groups in total. The van der Waals surface area contributed by atoms with Gasteiger partial charge in [-0.3, -0.25) is 4.57 Å². The smallest absolute Gasteiger partial charge is 0.264 e. The molecule has 0 saturated carbocycles. The van der Waals surface area contributed by atoms with Gasteiger partial charge in [0.25, 0.3) is 6.65 Å². The largest absolute Gasteiger partial charge is 0.359 e. The standard InChI is InChI=1S/C5H11ClNO2P/c1-4-5(9-4)10(6,8)7(2)3/h4-5H,1-3H3/t4-,5+,10?/m1/s1. The summed E-state index contributed by atoms with van der Waals surface area (Å²) in [7, 11) is 3.39. The van der Waals surface area contributed by atoms with E-state index in [1.807, 2.05) is 6.92 Å². The van der Waals surface area contributed by atoms with Gasteiger partial charge in [0.2, 0.25) is 0 Å². The van der Waals surface area contributed by atoms with Crippen molar-refractivity contribution in [1.29, 1.82) is 0 Å². The Labute approximate surface area is 65.5 Å². The van der Waals surface area contributed by atoms with E-state index in [1.165, 1.54) is 4.67 Å². The molecule has 1 aliphatic heterocycles. The maximum absolute atomic E-state index is 11.5. The van der Waals surface area contributed by atoms with E-state index in [1.54, 1.807) is 14.1 Å². The molecule has 1 unspecified atom stereocenters. The Balaban J connectivity index is 2.61. The van der Waals surface area contributed by atoms with Gasteiger partial charge in [-0.15, -0.1) is 0 Å². The van der Waals surface area contributed by atoms with Gasteiger partial charge in [0, 0.05) is 0 Å². The Hall–Kier alpha value is 0.440. The number of hydrogen-bond acceptors (Lipinski definition) is 2. The molecule has 0 spiro atoms. The van der Waals surface area contributed by atoms with Crippen molar-refractivity contribution in [2.75, 3.05) is 14.1 Å². The van der Waals surface area contributed by atoms with Crippen LogP contribution in [0.3, 0.4) is 0 Å². The highest BCUT2D eigenvalue weighted by atomic mass is 35.7. The first-order valence-electron chi connectivity index (χ1n) is 3.09. The van der Waals surface area contributed by atoms with Crippen LogP contribution in [-0.2, 0) is 9.30 Å². The van der Waals surface area contributed by atoms with E-state index in [0.717, 1.165) is 0 Å². The summed E-state index contributed by atoms with van der Waals surface area (Å²) in [6.45, 7) is -0.834. The molecule has 3 nitrogen and oxygen atoms in total. The van der Waals surface area contributed by atoms with Crippen molar-refractivity contribution in [3.63, 3.8) is 0 Å². The summed E-state index contributed by atoms with van der Waals surface area (Å²) in [6, 6.07) is 0. The average molecular weight is 184 g/mol. The lowest BCUT2D eigenvalue weighted by Crippen LogP contribution is -2.08. The summed E-state index contributed by atoms with van der Waals surface area (Å²) in [5, 5.41) is 0. The lowest BCUT2D eigenvalue weighted by molar-refractivity contribution is 0.399. The molecule has 1 rings (SSSR count). The van der Waals surface area contributed by atoms with Gasteiger partial charge >= 0.3 is 0 Å². The normalized spacial score (nSPS) is 37.7. The summed E-state index contributed by atoms with van der Waals surface area (Å²) in [5.74, 6) is -0.246. The van der Waals surface area contributed by atoms with Crippen molar-refractivity contribution in [2.24, 2.45) is 0 Å². The van der Waals surface area contributed by atoms with E-state index in [9.17, 15) is 4.57 Å². The van der Waals surface area contributed by atoms with Crippen molar-refractivity contribution in [1.82, 2.24) is 4.67 Å². The zero-order valence-electron chi connectivity index (χ0n) is 6.24. The highest BCUT2D eigenvalue weighted by molar-refractivity contribution is 7.87. The molecule has 10 heavy (non-hydrogen) atoms. The van der Waals surface area contributed by atoms with Crippen molar-refractivity contribution in [3.05, 3.63) is 0 Å². The number of rotatable bonds is 2. The monoisotopic (exact) mass is 183 g/mol. The van der Waals surface area contributed by atoms with Gasteiger partial charge in [0.1, 0.15) is 0 Å². The van der Waals surface area contributed by atoms with Crippen LogP contribution in [0.25, 0.3) is 0 Å². The van der Waals surface area contributed by atoms with Gasteiger partial charge in [0.05, 0.1) is 6.10 Å². The van der Waals surface area contributed by atoms with E-state index in [4.69, 9.17) is 16.0 Å². The van der Waals surface area contributed by atoms with Crippen LogP contribution in [0.5, 0.6) is 0 Å². The predicted molar refractivity (Wildman–Crippen MR) is 41.5 cm³/mol. The second-order valence-corrected chi connectivity index (χ2v) is 6.48. The Morgan fingerprint density at radius 2 is 2.00 bits per heavy atom. The van der Waals surface area contributed by atoms with Crippen molar-refractivity contribution < 1.29 is 9.30 Å². The molecule has 1 aliphatic rings. The minimum Gasteiger partial charge on any atom is -0.359 e. The zero-order valence-corrected chi connectivity index (χ0v) is 7.89. The Morgan fingerprint density at radius 1 is 1.60 bits per heavy atom. The Morgan fingerprint density at radius 3 is 2.10 bits per heavy atom. The lowest BCUT2D eigenvalue weighted by atomic mass is 10.6. The third-order valence-electron chi connectivity index (χ3n) is 1.54. The molecule has 0 aromatic carbocycles. The number of ether oxygens (including phenoxy) is 1. The molecule has 0 aromatic rings. The van der Waals surface area contributed by atoms with Crippen LogP contribution in [0.1, 0.15) is 6.92 Å². The predicted octanol–water partition coefficient (Wildman–Crippen LogP) is 1.72. The average Bonchev–Trinajstić information content (AvgIpc) is 2.46. The van der Waals surface area contributed by atoms with E-state index in [0.29, 0.717) is 0 Å². The van der Waals surface area contributed by atoms with Crippen molar-refractivity contribution >= 4 is 17.9 Å². The lowest BCUT2D eigenvalue weighted by Gasteiger charge is -2.14. The summed E-state index contributed by atoms with van der Waals surface area (Å²) in [6.07, 6.45) is 0.0609. The molecule has 0 bridgehead atoms. The molecular weight excluding hydrogens is 172 g/mol. The first-order valence-corrected chi connectivity index (χ1v) is 5.72. The third-order valence-corrected chi connectivity index (χ3v) is 5.28. The van der Waals surface area contributed by atoms with Gasteiger partial charge in [-0.1, -0.05) is 0 Å².